The summed E-state index contributed by atoms with van der Waals surface area (Å²) in [4.78, 5) is 21.4. The molecule has 0 radical (unpaired) electrons. The highest BCUT2D eigenvalue weighted by Crippen LogP contribution is 2.27. The zero-order chi connectivity index (χ0) is 17.6. The minimum absolute atomic E-state index is 0.149. The van der Waals surface area contributed by atoms with E-state index in [-0.39, 0.29) is 5.91 Å². The summed E-state index contributed by atoms with van der Waals surface area (Å²) in [6.07, 6.45) is 6.86. The number of carbonyl (C=O) groups is 1. The molecule has 1 fully saturated rings. The van der Waals surface area contributed by atoms with E-state index >= 15 is 0 Å². The third kappa shape index (κ3) is 4.74. The SMILES string of the molecule is CN1CCN(C(=O)CSc2nc3c(cc2C#N)CCCCCC3)CC1. The zero-order valence-electron chi connectivity index (χ0n) is 15.0. The number of rotatable bonds is 3. The number of aromatic nitrogens is 1. The Morgan fingerprint density at radius 2 is 1.92 bits per heavy atom. The fourth-order valence-corrected chi connectivity index (χ4v) is 4.31. The van der Waals surface area contributed by atoms with Crippen LogP contribution in [0.1, 0.15) is 42.5 Å². The Hall–Kier alpha value is -1.58. The summed E-state index contributed by atoms with van der Waals surface area (Å²) in [5.41, 5.74) is 2.98. The van der Waals surface area contributed by atoms with Gasteiger partial charge in [-0.05, 0) is 44.4 Å². The summed E-state index contributed by atoms with van der Waals surface area (Å²) in [7, 11) is 2.08. The molecule has 0 aromatic carbocycles. The topological polar surface area (TPSA) is 60.2 Å². The van der Waals surface area contributed by atoms with Gasteiger partial charge in [0.1, 0.15) is 11.1 Å². The van der Waals surface area contributed by atoms with Crippen LogP contribution in [0.2, 0.25) is 0 Å². The van der Waals surface area contributed by atoms with Gasteiger partial charge in [0.05, 0.1) is 11.3 Å². The molecule has 3 rings (SSSR count). The molecule has 1 saturated heterocycles. The lowest BCUT2D eigenvalue weighted by molar-refractivity contribution is -0.129. The van der Waals surface area contributed by atoms with Crippen molar-refractivity contribution in [3.8, 4) is 6.07 Å². The molecular weight excluding hydrogens is 332 g/mol. The summed E-state index contributed by atoms with van der Waals surface area (Å²) in [5, 5.41) is 10.2. The smallest absolute Gasteiger partial charge is 0.233 e. The fourth-order valence-electron chi connectivity index (χ4n) is 3.44. The molecule has 1 aromatic heterocycles. The molecule has 1 aromatic rings. The lowest BCUT2D eigenvalue weighted by atomic mass is 9.96. The molecule has 6 heteroatoms. The second-order valence-electron chi connectivity index (χ2n) is 6.95. The molecule has 1 aliphatic heterocycles. The number of piperazine rings is 1. The molecule has 0 N–H and O–H groups in total. The number of nitriles is 1. The van der Waals surface area contributed by atoms with Gasteiger partial charge in [-0.25, -0.2) is 4.98 Å². The molecule has 2 aliphatic rings. The van der Waals surface area contributed by atoms with Crippen LogP contribution in [0.3, 0.4) is 0 Å². The highest BCUT2D eigenvalue weighted by atomic mass is 32.2. The van der Waals surface area contributed by atoms with Gasteiger partial charge in [-0.3, -0.25) is 4.79 Å². The van der Waals surface area contributed by atoms with Crippen molar-refractivity contribution in [3.05, 3.63) is 22.9 Å². The summed E-state index contributed by atoms with van der Waals surface area (Å²) in [6, 6.07) is 4.29. The van der Waals surface area contributed by atoms with Crippen molar-refractivity contribution in [2.45, 2.75) is 43.6 Å². The number of pyridine rings is 1. The first kappa shape index (κ1) is 18.2. The first-order chi connectivity index (χ1) is 12.2. The maximum absolute atomic E-state index is 12.4. The number of hydrogen-bond donors (Lipinski definition) is 0. The van der Waals surface area contributed by atoms with Gasteiger partial charge in [-0.1, -0.05) is 24.6 Å². The van der Waals surface area contributed by atoms with Crippen LogP contribution in [-0.4, -0.2) is 59.7 Å². The number of hydrogen-bond acceptors (Lipinski definition) is 5. The summed E-state index contributed by atoms with van der Waals surface area (Å²) in [5.74, 6) is 0.514. The van der Waals surface area contributed by atoms with Crippen molar-refractivity contribution in [3.63, 3.8) is 0 Å². The van der Waals surface area contributed by atoms with Crippen LogP contribution < -0.4 is 0 Å². The Labute approximate surface area is 154 Å². The van der Waals surface area contributed by atoms with Gasteiger partial charge in [0.25, 0.3) is 0 Å². The van der Waals surface area contributed by atoms with E-state index in [9.17, 15) is 10.1 Å². The normalized spacial score (nSPS) is 18.8. The fraction of sp³-hybridized carbons (Fsp3) is 0.632. The molecule has 0 spiro atoms. The van der Waals surface area contributed by atoms with Gasteiger partial charge >= 0.3 is 0 Å². The van der Waals surface area contributed by atoms with Crippen molar-refractivity contribution in [1.29, 1.82) is 5.26 Å². The van der Waals surface area contributed by atoms with E-state index in [1.807, 2.05) is 11.0 Å². The molecule has 0 atom stereocenters. The molecule has 0 unspecified atom stereocenters. The van der Waals surface area contributed by atoms with Crippen LogP contribution in [-0.2, 0) is 17.6 Å². The predicted molar refractivity (Wildman–Crippen MR) is 99.6 cm³/mol. The van der Waals surface area contributed by atoms with Crippen molar-refractivity contribution in [2.24, 2.45) is 0 Å². The average Bonchev–Trinajstić information content (AvgIpc) is 2.61. The largest absolute Gasteiger partial charge is 0.339 e. The lowest BCUT2D eigenvalue weighted by Gasteiger charge is -2.32. The summed E-state index contributed by atoms with van der Waals surface area (Å²) < 4.78 is 0. The summed E-state index contributed by atoms with van der Waals surface area (Å²) in [6.45, 7) is 3.44. The van der Waals surface area contributed by atoms with Gasteiger partial charge in [0.2, 0.25) is 5.91 Å². The molecular formula is C19H26N4OS. The molecule has 2 heterocycles. The van der Waals surface area contributed by atoms with E-state index in [1.165, 1.54) is 36.6 Å². The number of amides is 1. The minimum Gasteiger partial charge on any atom is -0.339 e. The van der Waals surface area contributed by atoms with Gasteiger partial charge in [0.15, 0.2) is 0 Å². The van der Waals surface area contributed by atoms with Crippen molar-refractivity contribution in [1.82, 2.24) is 14.8 Å². The first-order valence-corrected chi connectivity index (χ1v) is 10.2. The van der Waals surface area contributed by atoms with Crippen molar-refractivity contribution in [2.75, 3.05) is 39.0 Å². The second-order valence-corrected chi connectivity index (χ2v) is 7.91. The Bertz CT molecular complexity index is 662. The van der Waals surface area contributed by atoms with E-state index in [0.717, 1.165) is 56.2 Å². The Balaban J connectivity index is 1.68. The molecule has 0 bridgehead atoms. The van der Waals surface area contributed by atoms with Gasteiger partial charge in [-0.2, -0.15) is 5.26 Å². The quantitative estimate of drug-likeness (QED) is 0.777. The van der Waals surface area contributed by atoms with Crippen LogP contribution in [0.25, 0.3) is 0 Å². The molecule has 25 heavy (non-hydrogen) atoms. The van der Waals surface area contributed by atoms with Crippen LogP contribution in [0, 0.1) is 11.3 Å². The zero-order valence-corrected chi connectivity index (χ0v) is 15.8. The van der Waals surface area contributed by atoms with E-state index in [2.05, 4.69) is 18.0 Å². The van der Waals surface area contributed by atoms with E-state index < -0.39 is 0 Å². The number of thioether (sulfide) groups is 1. The Morgan fingerprint density at radius 3 is 2.64 bits per heavy atom. The number of nitrogens with zero attached hydrogens (tertiary/aromatic N) is 4. The predicted octanol–water partition coefficient (Wildman–Crippen LogP) is 2.48. The van der Waals surface area contributed by atoms with E-state index in [1.54, 1.807) is 0 Å². The Morgan fingerprint density at radius 1 is 1.20 bits per heavy atom. The highest BCUT2D eigenvalue weighted by Gasteiger charge is 2.20. The molecule has 1 aliphatic carbocycles. The number of fused-ring (bicyclic) bond motifs is 1. The standard InChI is InChI=1S/C19H26N4OS/c1-22-8-10-23(11-9-22)18(24)14-25-19-16(13-20)12-15-6-4-2-3-5-7-17(15)21-19/h12H,2-11,14H2,1H3. The van der Waals surface area contributed by atoms with Crippen LogP contribution in [0.4, 0.5) is 0 Å². The van der Waals surface area contributed by atoms with E-state index in [4.69, 9.17) is 4.98 Å². The first-order valence-electron chi connectivity index (χ1n) is 9.19. The third-order valence-corrected chi connectivity index (χ3v) is 6.05. The van der Waals surface area contributed by atoms with Crippen LogP contribution in [0.15, 0.2) is 11.1 Å². The number of likely N-dealkylation sites (N-methyl/N-ethyl adjacent to an activating group) is 1. The molecule has 0 saturated carbocycles. The van der Waals surface area contributed by atoms with Gasteiger partial charge in [-0.15, -0.1) is 0 Å². The number of aryl methyl sites for hydroxylation is 2. The minimum atomic E-state index is 0.149. The number of carbonyl (C=O) groups excluding carboxylic acids is 1. The monoisotopic (exact) mass is 358 g/mol. The lowest BCUT2D eigenvalue weighted by Crippen LogP contribution is -2.47. The second kappa shape index (κ2) is 8.68. The molecule has 5 nitrogen and oxygen atoms in total. The highest BCUT2D eigenvalue weighted by molar-refractivity contribution is 7.99. The maximum Gasteiger partial charge on any atom is 0.233 e. The van der Waals surface area contributed by atoms with E-state index in [0.29, 0.717) is 11.3 Å². The van der Waals surface area contributed by atoms with Crippen LogP contribution in [0.5, 0.6) is 0 Å². The molecule has 1 amide bonds. The van der Waals surface area contributed by atoms with Crippen molar-refractivity contribution >= 4 is 17.7 Å². The average molecular weight is 359 g/mol. The third-order valence-electron chi connectivity index (χ3n) is 5.07. The maximum atomic E-state index is 12.4. The van der Waals surface area contributed by atoms with Gasteiger partial charge < -0.3 is 9.80 Å². The van der Waals surface area contributed by atoms with Crippen LogP contribution >= 0.6 is 11.8 Å². The summed E-state index contributed by atoms with van der Waals surface area (Å²) >= 11 is 1.42. The van der Waals surface area contributed by atoms with Gasteiger partial charge in [0, 0.05) is 31.9 Å². The van der Waals surface area contributed by atoms with Crippen molar-refractivity contribution < 1.29 is 4.79 Å². The Kier molecular flexibility index (Phi) is 6.33. The molecule has 134 valence electrons.